The quantitative estimate of drug-likeness (QED) is 0.822. The van der Waals surface area contributed by atoms with Crippen molar-refractivity contribution in [1.82, 2.24) is 14.5 Å². The summed E-state index contributed by atoms with van der Waals surface area (Å²) >= 11 is 0. The lowest BCUT2D eigenvalue weighted by Crippen LogP contribution is -2.33. The molecule has 1 N–H and O–H groups in total. The molecule has 4 nitrogen and oxygen atoms in total. The average molecular weight is 264 g/mol. The normalized spacial score (nSPS) is 17.8. The number of likely N-dealkylation sites (tertiary alicyclic amines) is 1. The lowest BCUT2D eigenvalue weighted by Gasteiger charge is -2.22. The fraction of sp³-hybridized carbons (Fsp3) is 0.800. The van der Waals surface area contributed by atoms with Gasteiger partial charge >= 0.3 is 0 Å². The fourth-order valence-electron chi connectivity index (χ4n) is 2.78. The number of hydrogen-bond donors (Lipinski definition) is 1. The monoisotopic (exact) mass is 264 g/mol. The van der Waals surface area contributed by atoms with Crippen molar-refractivity contribution in [2.75, 3.05) is 25.0 Å². The summed E-state index contributed by atoms with van der Waals surface area (Å²) in [5.74, 6) is 1.04. The third-order valence-electron chi connectivity index (χ3n) is 3.76. The highest BCUT2D eigenvalue weighted by atomic mass is 15.2. The molecule has 1 aliphatic heterocycles. The Labute approximate surface area is 117 Å². The van der Waals surface area contributed by atoms with E-state index in [0.29, 0.717) is 6.04 Å². The minimum atomic E-state index is 0.459. The zero-order valence-electron chi connectivity index (χ0n) is 12.7. The minimum absolute atomic E-state index is 0.459. The van der Waals surface area contributed by atoms with Gasteiger partial charge in [-0.2, -0.15) is 0 Å². The molecule has 1 saturated heterocycles. The molecule has 19 heavy (non-hydrogen) atoms. The topological polar surface area (TPSA) is 33.1 Å². The molecule has 0 amide bonds. The van der Waals surface area contributed by atoms with Crippen molar-refractivity contribution in [3.8, 4) is 0 Å². The van der Waals surface area contributed by atoms with Crippen LogP contribution in [-0.4, -0.2) is 40.1 Å². The van der Waals surface area contributed by atoms with Gasteiger partial charge in [-0.3, -0.25) is 0 Å². The van der Waals surface area contributed by atoms with Crippen molar-refractivity contribution in [3.05, 3.63) is 11.9 Å². The summed E-state index contributed by atoms with van der Waals surface area (Å²) in [7, 11) is 0. The van der Waals surface area contributed by atoms with Gasteiger partial charge in [0.15, 0.2) is 0 Å². The van der Waals surface area contributed by atoms with E-state index in [1.807, 2.05) is 0 Å². The number of anilines is 1. The minimum Gasteiger partial charge on any atom is -0.352 e. The van der Waals surface area contributed by atoms with Gasteiger partial charge in [0.25, 0.3) is 0 Å². The molecule has 1 unspecified atom stereocenters. The summed E-state index contributed by atoms with van der Waals surface area (Å²) in [4.78, 5) is 7.16. The fourth-order valence-corrected chi connectivity index (χ4v) is 2.78. The summed E-state index contributed by atoms with van der Waals surface area (Å²) in [6, 6.07) is 0.459. The van der Waals surface area contributed by atoms with Crippen LogP contribution in [0.4, 0.5) is 5.95 Å². The molecule has 1 atom stereocenters. The number of aromatic nitrogens is 2. The second kappa shape index (κ2) is 6.94. The number of imidazole rings is 1. The van der Waals surface area contributed by atoms with Crippen LogP contribution in [0.3, 0.4) is 0 Å². The average Bonchev–Trinajstić information content (AvgIpc) is 2.97. The van der Waals surface area contributed by atoms with E-state index >= 15 is 0 Å². The van der Waals surface area contributed by atoms with Crippen molar-refractivity contribution in [3.63, 3.8) is 0 Å². The van der Waals surface area contributed by atoms with Crippen LogP contribution >= 0.6 is 0 Å². The van der Waals surface area contributed by atoms with Crippen LogP contribution in [0.25, 0.3) is 0 Å². The van der Waals surface area contributed by atoms with E-state index in [1.54, 1.807) is 0 Å². The molecule has 0 saturated carbocycles. The largest absolute Gasteiger partial charge is 0.352 e. The lowest BCUT2D eigenvalue weighted by molar-refractivity contribution is 0.327. The Morgan fingerprint density at radius 3 is 2.79 bits per heavy atom. The highest BCUT2D eigenvalue weighted by Crippen LogP contribution is 2.13. The van der Waals surface area contributed by atoms with Gasteiger partial charge < -0.3 is 14.8 Å². The van der Waals surface area contributed by atoms with Gasteiger partial charge in [-0.25, -0.2) is 4.98 Å². The number of hydrogen-bond acceptors (Lipinski definition) is 3. The van der Waals surface area contributed by atoms with Crippen LogP contribution in [0.1, 0.15) is 45.2 Å². The molecule has 0 radical (unpaired) electrons. The molecule has 0 aliphatic carbocycles. The highest BCUT2D eigenvalue weighted by Gasteiger charge is 2.16. The Morgan fingerprint density at radius 2 is 2.11 bits per heavy atom. The van der Waals surface area contributed by atoms with Crippen LogP contribution in [0.15, 0.2) is 6.20 Å². The van der Waals surface area contributed by atoms with Crippen molar-refractivity contribution < 1.29 is 0 Å². The summed E-state index contributed by atoms with van der Waals surface area (Å²) < 4.78 is 2.26. The number of nitrogens with zero attached hydrogens (tertiary/aromatic N) is 3. The van der Waals surface area contributed by atoms with Crippen molar-refractivity contribution in [1.29, 1.82) is 0 Å². The third-order valence-corrected chi connectivity index (χ3v) is 3.76. The summed E-state index contributed by atoms with van der Waals surface area (Å²) in [6.45, 7) is 11.3. The van der Waals surface area contributed by atoms with Gasteiger partial charge in [0.1, 0.15) is 0 Å². The third kappa shape index (κ3) is 4.23. The molecule has 0 aromatic carbocycles. The number of rotatable bonds is 7. The molecular weight excluding hydrogens is 236 g/mol. The van der Waals surface area contributed by atoms with E-state index < -0.39 is 0 Å². The highest BCUT2D eigenvalue weighted by molar-refractivity contribution is 5.30. The first-order valence-corrected chi connectivity index (χ1v) is 7.71. The predicted molar refractivity (Wildman–Crippen MR) is 80.6 cm³/mol. The number of nitrogens with one attached hydrogen (secondary N) is 1. The van der Waals surface area contributed by atoms with Gasteiger partial charge in [0.2, 0.25) is 5.95 Å². The van der Waals surface area contributed by atoms with Crippen LogP contribution in [0.2, 0.25) is 0 Å². The van der Waals surface area contributed by atoms with E-state index in [-0.39, 0.29) is 0 Å². The maximum absolute atomic E-state index is 4.61. The first-order valence-electron chi connectivity index (χ1n) is 7.71. The molecular formula is C15H28N4. The van der Waals surface area contributed by atoms with Crippen molar-refractivity contribution in [2.45, 2.75) is 59.0 Å². The second-order valence-corrected chi connectivity index (χ2v) is 5.81. The second-order valence-electron chi connectivity index (χ2n) is 5.81. The van der Waals surface area contributed by atoms with Gasteiger partial charge in [0.05, 0.1) is 5.69 Å². The van der Waals surface area contributed by atoms with Gasteiger partial charge in [-0.1, -0.05) is 13.3 Å². The predicted octanol–water partition coefficient (Wildman–Crippen LogP) is 2.89. The zero-order chi connectivity index (χ0) is 13.7. The van der Waals surface area contributed by atoms with Crippen LogP contribution < -0.4 is 5.32 Å². The number of aryl methyl sites for hydroxylation is 2. The molecule has 2 rings (SSSR count). The SMILES string of the molecule is CCCCn1cc(C)nc1NC(C)CN1CCCC1. The molecule has 0 spiro atoms. The van der Waals surface area contributed by atoms with Gasteiger partial charge in [-0.05, 0) is 46.2 Å². The summed E-state index contributed by atoms with van der Waals surface area (Å²) in [5, 5.41) is 3.58. The molecule has 2 heterocycles. The molecule has 1 aromatic heterocycles. The van der Waals surface area contributed by atoms with Crippen molar-refractivity contribution >= 4 is 5.95 Å². The first kappa shape index (κ1) is 14.4. The smallest absolute Gasteiger partial charge is 0.203 e. The van der Waals surface area contributed by atoms with Gasteiger partial charge in [-0.15, -0.1) is 0 Å². The summed E-state index contributed by atoms with van der Waals surface area (Å²) in [6.07, 6.45) is 7.31. The van der Waals surface area contributed by atoms with Crippen LogP contribution in [-0.2, 0) is 6.54 Å². The van der Waals surface area contributed by atoms with E-state index in [4.69, 9.17) is 0 Å². The van der Waals surface area contributed by atoms with Crippen LogP contribution in [0.5, 0.6) is 0 Å². The molecule has 1 fully saturated rings. The maximum Gasteiger partial charge on any atom is 0.203 e. The molecule has 1 aliphatic rings. The standard InChI is InChI=1S/C15H28N4/c1-4-5-10-19-12-14(3)17-15(19)16-13(2)11-18-8-6-7-9-18/h12-13H,4-11H2,1-3H3,(H,16,17). The maximum atomic E-state index is 4.61. The zero-order valence-corrected chi connectivity index (χ0v) is 12.7. The van der Waals surface area contributed by atoms with E-state index in [9.17, 15) is 0 Å². The van der Waals surface area contributed by atoms with E-state index in [0.717, 1.165) is 24.7 Å². The van der Waals surface area contributed by atoms with Crippen molar-refractivity contribution in [2.24, 2.45) is 0 Å². The molecule has 108 valence electrons. The number of unbranched alkanes of at least 4 members (excludes halogenated alkanes) is 1. The first-order chi connectivity index (χ1) is 9.19. The Morgan fingerprint density at radius 1 is 1.37 bits per heavy atom. The molecule has 1 aromatic rings. The lowest BCUT2D eigenvalue weighted by atomic mass is 10.3. The Bertz CT molecular complexity index is 379. The summed E-state index contributed by atoms with van der Waals surface area (Å²) in [5.41, 5.74) is 1.10. The van der Waals surface area contributed by atoms with Gasteiger partial charge in [0, 0.05) is 25.3 Å². The van der Waals surface area contributed by atoms with Crippen LogP contribution in [0, 0.1) is 6.92 Å². The van der Waals surface area contributed by atoms with E-state index in [1.165, 1.54) is 38.8 Å². The Balaban J connectivity index is 1.89. The molecule has 4 heteroatoms. The molecule has 0 bridgehead atoms. The van der Waals surface area contributed by atoms with E-state index in [2.05, 4.69) is 46.7 Å². The Kier molecular flexibility index (Phi) is 5.25. The Hall–Kier alpha value is -1.03.